The number of anilines is 3. The number of hydrogen-bond acceptors (Lipinski definition) is 3. The van der Waals surface area contributed by atoms with Gasteiger partial charge in [-0.3, -0.25) is 0 Å². The topological polar surface area (TPSA) is 16.4 Å². The van der Waals surface area contributed by atoms with Crippen molar-refractivity contribution in [3.8, 4) is 33.4 Å². The lowest BCUT2D eigenvalue weighted by atomic mass is 9.99. The van der Waals surface area contributed by atoms with E-state index in [0.717, 1.165) is 50.1 Å². The van der Waals surface area contributed by atoms with Crippen molar-refractivity contribution >= 4 is 70.5 Å². The van der Waals surface area contributed by atoms with E-state index < -0.39 is 0 Å². The van der Waals surface area contributed by atoms with Gasteiger partial charge in [0.1, 0.15) is 11.2 Å². The Morgan fingerprint density at radius 2 is 1.02 bits per heavy atom. The van der Waals surface area contributed by atoms with E-state index in [0.29, 0.717) is 0 Å². The number of furan rings is 1. The summed E-state index contributed by atoms with van der Waals surface area (Å²) in [4.78, 5) is 2.40. The Morgan fingerprint density at radius 1 is 0.412 bits per heavy atom. The molecule has 0 saturated heterocycles. The highest BCUT2D eigenvalue weighted by molar-refractivity contribution is 7.26. The van der Waals surface area contributed by atoms with Gasteiger partial charge in [0.15, 0.2) is 0 Å². The average Bonchev–Trinajstić information content (AvgIpc) is 3.78. The standard InChI is InChI=1S/C48H31NOS/c1-4-13-32(14-5-1)33-23-25-36(26-24-33)49(37-27-30-45-42(31-37)40-21-12-20-39(48(40)51-45)35-17-8-3-9-18-35)43-29-28-38(34-15-6-2-7-16-34)47-46(43)41-19-10-11-22-44(41)50-47/h1-31H. The quantitative estimate of drug-likeness (QED) is 0.175. The van der Waals surface area contributed by atoms with Crippen molar-refractivity contribution in [1.29, 1.82) is 0 Å². The molecule has 0 aliphatic carbocycles. The fourth-order valence-corrected chi connectivity index (χ4v) is 8.69. The fourth-order valence-electron chi connectivity index (χ4n) is 7.47. The molecular formula is C48H31NOS. The summed E-state index contributed by atoms with van der Waals surface area (Å²) in [6, 6.07) is 67.2. The van der Waals surface area contributed by atoms with E-state index >= 15 is 0 Å². The van der Waals surface area contributed by atoms with Crippen LogP contribution in [-0.2, 0) is 0 Å². The Hall–Kier alpha value is -6.42. The molecule has 0 atom stereocenters. The highest BCUT2D eigenvalue weighted by atomic mass is 32.1. The van der Waals surface area contributed by atoms with Gasteiger partial charge in [0.25, 0.3) is 0 Å². The highest BCUT2D eigenvalue weighted by Crippen LogP contribution is 2.48. The summed E-state index contributed by atoms with van der Waals surface area (Å²) in [5, 5.41) is 4.72. The van der Waals surface area contributed by atoms with Gasteiger partial charge in [-0.15, -0.1) is 11.3 Å². The molecule has 10 rings (SSSR count). The average molecular weight is 670 g/mol. The summed E-state index contributed by atoms with van der Waals surface area (Å²) in [5.41, 5.74) is 12.1. The van der Waals surface area contributed by atoms with Crippen LogP contribution in [0, 0.1) is 0 Å². The van der Waals surface area contributed by atoms with Crippen LogP contribution in [-0.4, -0.2) is 0 Å². The van der Waals surface area contributed by atoms with E-state index in [4.69, 9.17) is 4.42 Å². The number of para-hydroxylation sites is 1. The molecule has 0 unspecified atom stereocenters. The summed E-state index contributed by atoms with van der Waals surface area (Å²) in [7, 11) is 0. The lowest BCUT2D eigenvalue weighted by Gasteiger charge is -2.27. The van der Waals surface area contributed by atoms with Crippen LogP contribution in [0.5, 0.6) is 0 Å². The Labute approximate surface area is 300 Å². The number of nitrogens with zero attached hydrogens (tertiary/aromatic N) is 1. The third kappa shape index (κ3) is 5.01. The van der Waals surface area contributed by atoms with Gasteiger partial charge >= 0.3 is 0 Å². The van der Waals surface area contributed by atoms with E-state index in [2.05, 4.69) is 187 Å². The number of rotatable bonds is 6. The van der Waals surface area contributed by atoms with Crippen LogP contribution in [0.4, 0.5) is 17.1 Å². The Bertz CT molecular complexity index is 2840. The maximum absolute atomic E-state index is 6.72. The van der Waals surface area contributed by atoms with Crippen molar-refractivity contribution in [2.75, 3.05) is 4.90 Å². The molecule has 0 aliphatic heterocycles. The molecule has 2 aromatic heterocycles. The van der Waals surface area contributed by atoms with Gasteiger partial charge in [0.2, 0.25) is 0 Å². The third-order valence-electron chi connectivity index (χ3n) is 9.89. The molecule has 0 saturated carbocycles. The zero-order valence-corrected chi connectivity index (χ0v) is 28.5. The molecule has 51 heavy (non-hydrogen) atoms. The molecule has 0 amide bonds. The first-order valence-corrected chi connectivity index (χ1v) is 18.1. The molecule has 10 aromatic rings. The monoisotopic (exact) mass is 669 g/mol. The SMILES string of the molecule is c1ccc(-c2ccc(N(c3ccc4sc5c(-c6ccccc6)cccc5c4c3)c3ccc(-c4ccccc4)c4oc5ccccc5c34)cc2)cc1. The zero-order valence-electron chi connectivity index (χ0n) is 27.7. The van der Waals surface area contributed by atoms with E-state index in [1.54, 1.807) is 0 Å². The van der Waals surface area contributed by atoms with Gasteiger partial charge in [0.05, 0.1) is 11.1 Å². The fraction of sp³-hybridized carbons (Fsp3) is 0. The molecule has 0 fully saturated rings. The highest BCUT2D eigenvalue weighted by Gasteiger charge is 2.23. The maximum atomic E-state index is 6.72. The van der Waals surface area contributed by atoms with Crippen LogP contribution in [0.1, 0.15) is 0 Å². The molecule has 0 aliphatic rings. The van der Waals surface area contributed by atoms with E-state index in [1.807, 2.05) is 17.4 Å². The predicted octanol–water partition coefficient (Wildman–Crippen LogP) is 14.4. The second kappa shape index (κ2) is 12.2. The molecule has 240 valence electrons. The molecule has 0 N–H and O–H groups in total. The normalized spacial score (nSPS) is 11.5. The number of thiophene rings is 1. The Balaban J connectivity index is 1.22. The molecule has 0 radical (unpaired) electrons. The lowest BCUT2D eigenvalue weighted by Crippen LogP contribution is -2.10. The van der Waals surface area contributed by atoms with Crippen LogP contribution < -0.4 is 4.90 Å². The smallest absolute Gasteiger partial charge is 0.145 e. The van der Waals surface area contributed by atoms with Crippen molar-refractivity contribution in [1.82, 2.24) is 0 Å². The van der Waals surface area contributed by atoms with Gasteiger partial charge < -0.3 is 9.32 Å². The third-order valence-corrected chi connectivity index (χ3v) is 11.1. The van der Waals surface area contributed by atoms with Crippen molar-refractivity contribution in [2.45, 2.75) is 0 Å². The van der Waals surface area contributed by atoms with Crippen molar-refractivity contribution in [3.63, 3.8) is 0 Å². The van der Waals surface area contributed by atoms with Crippen LogP contribution in [0.25, 0.3) is 75.5 Å². The Morgan fingerprint density at radius 3 is 1.76 bits per heavy atom. The second-order valence-corrected chi connectivity index (χ2v) is 13.9. The van der Waals surface area contributed by atoms with Crippen molar-refractivity contribution in [2.24, 2.45) is 0 Å². The summed E-state index contributed by atoms with van der Waals surface area (Å²) in [6.07, 6.45) is 0. The van der Waals surface area contributed by atoms with Gasteiger partial charge in [0, 0.05) is 42.5 Å². The van der Waals surface area contributed by atoms with Crippen LogP contribution in [0.15, 0.2) is 192 Å². The molecular weight excluding hydrogens is 639 g/mol. The molecule has 2 nitrogen and oxygen atoms in total. The Kier molecular flexibility index (Phi) is 7.04. The largest absolute Gasteiger partial charge is 0.455 e. The first-order chi connectivity index (χ1) is 25.3. The predicted molar refractivity (Wildman–Crippen MR) is 218 cm³/mol. The number of fused-ring (bicyclic) bond motifs is 6. The molecule has 0 bridgehead atoms. The minimum Gasteiger partial charge on any atom is -0.455 e. The number of hydrogen-bond donors (Lipinski definition) is 0. The summed E-state index contributed by atoms with van der Waals surface area (Å²) in [6.45, 7) is 0. The van der Waals surface area contributed by atoms with Gasteiger partial charge in [-0.05, 0) is 76.3 Å². The number of benzene rings is 8. The lowest BCUT2D eigenvalue weighted by molar-refractivity contribution is 0.670. The molecule has 3 heteroatoms. The first kappa shape index (κ1) is 29.5. The van der Waals surface area contributed by atoms with E-state index in [9.17, 15) is 0 Å². The molecule has 2 heterocycles. The maximum Gasteiger partial charge on any atom is 0.145 e. The minimum absolute atomic E-state index is 0.879. The van der Waals surface area contributed by atoms with Gasteiger partial charge in [-0.2, -0.15) is 0 Å². The van der Waals surface area contributed by atoms with E-state index in [-0.39, 0.29) is 0 Å². The van der Waals surface area contributed by atoms with Crippen molar-refractivity contribution < 1.29 is 4.42 Å². The summed E-state index contributed by atoms with van der Waals surface area (Å²) >= 11 is 1.87. The molecule has 0 spiro atoms. The van der Waals surface area contributed by atoms with E-state index in [1.165, 1.54) is 42.4 Å². The zero-order chi connectivity index (χ0) is 33.7. The van der Waals surface area contributed by atoms with Crippen LogP contribution in [0.3, 0.4) is 0 Å². The van der Waals surface area contributed by atoms with Gasteiger partial charge in [-0.25, -0.2) is 0 Å². The summed E-state index contributed by atoms with van der Waals surface area (Å²) < 4.78 is 9.31. The summed E-state index contributed by atoms with van der Waals surface area (Å²) in [5.74, 6) is 0. The first-order valence-electron chi connectivity index (χ1n) is 17.3. The second-order valence-electron chi connectivity index (χ2n) is 12.9. The van der Waals surface area contributed by atoms with Crippen LogP contribution in [0.2, 0.25) is 0 Å². The van der Waals surface area contributed by atoms with Gasteiger partial charge in [-0.1, -0.05) is 140 Å². The molecule has 8 aromatic carbocycles. The van der Waals surface area contributed by atoms with Crippen molar-refractivity contribution in [3.05, 3.63) is 188 Å². The minimum atomic E-state index is 0.879. The van der Waals surface area contributed by atoms with Crippen LogP contribution >= 0.6 is 11.3 Å².